The lowest BCUT2D eigenvalue weighted by molar-refractivity contribution is 0.174. The second-order valence-corrected chi connectivity index (χ2v) is 6.64. The molecule has 6 nitrogen and oxygen atoms in total. The van der Waals surface area contributed by atoms with Gasteiger partial charge in [-0.2, -0.15) is 5.10 Å². The van der Waals surface area contributed by atoms with Gasteiger partial charge in [-0.25, -0.2) is 0 Å². The molecule has 0 saturated carbocycles. The van der Waals surface area contributed by atoms with Gasteiger partial charge in [0.1, 0.15) is 0 Å². The van der Waals surface area contributed by atoms with Crippen LogP contribution in [0, 0.1) is 0 Å². The van der Waals surface area contributed by atoms with Gasteiger partial charge in [0.15, 0.2) is 11.5 Å². The van der Waals surface area contributed by atoms with E-state index in [0.29, 0.717) is 6.54 Å². The summed E-state index contributed by atoms with van der Waals surface area (Å²) in [4.78, 5) is 2.37. The van der Waals surface area contributed by atoms with Crippen LogP contribution in [0.5, 0.6) is 11.5 Å². The molecule has 3 N–H and O–H groups in total. The van der Waals surface area contributed by atoms with Gasteiger partial charge in [-0.1, -0.05) is 30.3 Å². The van der Waals surface area contributed by atoms with Crippen LogP contribution >= 0.6 is 12.4 Å². The van der Waals surface area contributed by atoms with Gasteiger partial charge in [0.25, 0.3) is 0 Å². The zero-order valence-electron chi connectivity index (χ0n) is 15.6. The van der Waals surface area contributed by atoms with Gasteiger partial charge < -0.3 is 15.2 Å². The zero-order chi connectivity index (χ0) is 18.5. The third-order valence-electron chi connectivity index (χ3n) is 4.78. The van der Waals surface area contributed by atoms with Gasteiger partial charge in [0, 0.05) is 37.3 Å². The number of nitrogens with two attached hydrogens (primary N) is 1. The van der Waals surface area contributed by atoms with Gasteiger partial charge in [-0.15, -0.1) is 12.4 Å². The van der Waals surface area contributed by atoms with Crippen LogP contribution in [0.15, 0.2) is 54.7 Å². The molecule has 148 valence electrons. The van der Waals surface area contributed by atoms with E-state index >= 15 is 0 Å². The number of ether oxygens (including phenoxy) is 2. The summed E-state index contributed by atoms with van der Waals surface area (Å²) in [5, 5.41) is 7.40. The Morgan fingerprint density at radius 3 is 2.68 bits per heavy atom. The average molecular weight is 401 g/mol. The third-order valence-corrected chi connectivity index (χ3v) is 4.78. The fourth-order valence-electron chi connectivity index (χ4n) is 3.36. The number of H-pyrrole nitrogens is 1. The molecule has 0 radical (unpaired) electrons. The summed E-state index contributed by atoms with van der Waals surface area (Å²) in [6.45, 7) is 3.50. The Hall–Kier alpha value is -2.54. The standard InChI is InChI=1S/C21H24N4O2.ClH/c22-9-11-25(10-8-16-4-2-1-3-5-16)14-18-13-23-24-21(18)17-6-7-19-20(12-17)27-15-26-19;/h1-7,12-13H,8-11,14-15,22H2,(H,23,24);1H. The summed E-state index contributed by atoms with van der Waals surface area (Å²) in [6, 6.07) is 16.5. The van der Waals surface area contributed by atoms with Crippen molar-refractivity contribution >= 4 is 12.4 Å². The molecule has 4 rings (SSSR count). The monoisotopic (exact) mass is 400 g/mol. The normalized spacial score (nSPS) is 12.2. The molecule has 3 aromatic rings. The zero-order valence-corrected chi connectivity index (χ0v) is 16.5. The summed E-state index contributed by atoms with van der Waals surface area (Å²) in [6.07, 6.45) is 2.89. The maximum Gasteiger partial charge on any atom is 0.231 e. The van der Waals surface area contributed by atoms with E-state index in [1.165, 1.54) is 5.56 Å². The number of aromatic amines is 1. The highest BCUT2D eigenvalue weighted by Crippen LogP contribution is 2.36. The summed E-state index contributed by atoms with van der Waals surface area (Å²) in [5.74, 6) is 1.56. The first-order valence-electron chi connectivity index (χ1n) is 9.22. The first kappa shape index (κ1) is 20.2. The van der Waals surface area contributed by atoms with E-state index in [1.807, 2.05) is 30.5 Å². The fraction of sp³-hybridized carbons (Fsp3) is 0.286. The van der Waals surface area contributed by atoms with Crippen molar-refractivity contribution in [1.29, 1.82) is 0 Å². The van der Waals surface area contributed by atoms with Crippen molar-refractivity contribution < 1.29 is 9.47 Å². The number of hydrogen-bond donors (Lipinski definition) is 2. The molecule has 1 aliphatic heterocycles. The van der Waals surface area contributed by atoms with E-state index in [9.17, 15) is 0 Å². The molecule has 2 heterocycles. The highest BCUT2D eigenvalue weighted by molar-refractivity contribution is 5.85. The lowest BCUT2D eigenvalue weighted by Crippen LogP contribution is -2.31. The van der Waals surface area contributed by atoms with Crippen LogP contribution in [0.4, 0.5) is 0 Å². The Morgan fingerprint density at radius 2 is 1.86 bits per heavy atom. The van der Waals surface area contributed by atoms with E-state index in [1.54, 1.807) is 0 Å². The van der Waals surface area contributed by atoms with Gasteiger partial charge in [-0.05, 0) is 30.2 Å². The third kappa shape index (κ3) is 4.65. The molecular weight excluding hydrogens is 376 g/mol. The molecule has 1 aliphatic rings. The molecule has 7 heteroatoms. The van der Waals surface area contributed by atoms with Gasteiger partial charge >= 0.3 is 0 Å². The van der Waals surface area contributed by atoms with Gasteiger partial charge in [0.05, 0.1) is 11.9 Å². The number of halogens is 1. The second kappa shape index (κ2) is 9.59. The number of nitrogens with zero attached hydrogens (tertiary/aromatic N) is 2. The Balaban J connectivity index is 0.00000225. The minimum Gasteiger partial charge on any atom is -0.454 e. The van der Waals surface area contributed by atoms with E-state index < -0.39 is 0 Å². The predicted molar refractivity (Wildman–Crippen MR) is 112 cm³/mol. The number of rotatable bonds is 8. The molecule has 28 heavy (non-hydrogen) atoms. The van der Waals surface area contributed by atoms with Crippen LogP contribution in [-0.4, -0.2) is 41.5 Å². The molecule has 0 atom stereocenters. The first-order valence-corrected chi connectivity index (χ1v) is 9.22. The summed E-state index contributed by atoms with van der Waals surface area (Å²) in [5.41, 5.74) is 10.4. The molecule has 0 amide bonds. The summed E-state index contributed by atoms with van der Waals surface area (Å²) >= 11 is 0. The number of aromatic nitrogens is 2. The largest absolute Gasteiger partial charge is 0.454 e. The number of fused-ring (bicyclic) bond motifs is 1. The van der Waals surface area contributed by atoms with Crippen LogP contribution < -0.4 is 15.2 Å². The molecule has 1 aromatic heterocycles. The van der Waals surface area contributed by atoms with Crippen molar-refractivity contribution in [2.24, 2.45) is 5.73 Å². The lowest BCUT2D eigenvalue weighted by atomic mass is 10.1. The minimum atomic E-state index is 0. The lowest BCUT2D eigenvalue weighted by Gasteiger charge is -2.21. The van der Waals surface area contributed by atoms with Crippen molar-refractivity contribution in [1.82, 2.24) is 15.1 Å². The van der Waals surface area contributed by atoms with Crippen LogP contribution in [0.1, 0.15) is 11.1 Å². The first-order chi connectivity index (χ1) is 13.3. The van der Waals surface area contributed by atoms with Crippen molar-refractivity contribution in [3.8, 4) is 22.8 Å². The number of hydrogen-bond acceptors (Lipinski definition) is 5. The Kier molecular flexibility index (Phi) is 6.92. The topological polar surface area (TPSA) is 76.4 Å². The van der Waals surface area contributed by atoms with E-state index in [2.05, 4.69) is 39.4 Å². The van der Waals surface area contributed by atoms with E-state index in [0.717, 1.165) is 54.4 Å². The highest BCUT2D eigenvalue weighted by atomic mass is 35.5. The Morgan fingerprint density at radius 1 is 1.04 bits per heavy atom. The van der Waals surface area contributed by atoms with Crippen LogP contribution in [0.25, 0.3) is 11.3 Å². The molecule has 0 spiro atoms. The van der Waals surface area contributed by atoms with Gasteiger partial charge in [-0.3, -0.25) is 10.00 Å². The Bertz CT molecular complexity index is 885. The highest BCUT2D eigenvalue weighted by Gasteiger charge is 2.17. The molecule has 0 saturated heterocycles. The smallest absolute Gasteiger partial charge is 0.231 e. The van der Waals surface area contributed by atoms with Gasteiger partial charge in [0.2, 0.25) is 6.79 Å². The van der Waals surface area contributed by atoms with Crippen molar-refractivity contribution in [2.45, 2.75) is 13.0 Å². The Labute approximate surface area is 171 Å². The molecule has 0 bridgehead atoms. The van der Waals surface area contributed by atoms with Crippen molar-refractivity contribution in [2.75, 3.05) is 26.4 Å². The molecular formula is C21H25ClN4O2. The second-order valence-electron chi connectivity index (χ2n) is 6.64. The molecule has 0 unspecified atom stereocenters. The van der Waals surface area contributed by atoms with Crippen molar-refractivity contribution in [3.63, 3.8) is 0 Å². The van der Waals surface area contributed by atoms with Crippen LogP contribution in [0.2, 0.25) is 0 Å². The fourth-order valence-corrected chi connectivity index (χ4v) is 3.36. The quantitative estimate of drug-likeness (QED) is 0.607. The van der Waals surface area contributed by atoms with Crippen molar-refractivity contribution in [3.05, 3.63) is 65.9 Å². The molecule has 2 aromatic carbocycles. The van der Waals surface area contributed by atoms with Crippen LogP contribution in [-0.2, 0) is 13.0 Å². The SMILES string of the molecule is Cl.NCCN(CCc1ccccc1)Cc1cn[nH]c1-c1ccc2c(c1)OCO2. The number of benzene rings is 2. The average Bonchev–Trinajstić information content (AvgIpc) is 3.35. The summed E-state index contributed by atoms with van der Waals surface area (Å²) in [7, 11) is 0. The van der Waals surface area contributed by atoms with E-state index in [-0.39, 0.29) is 19.2 Å². The predicted octanol–water partition coefficient (Wildman–Crippen LogP) is 3.23. The minimum absolute atomic E-state index is 0. The number of nitrogens with one attached hydrogen (secondary N) is 1. The summed E-state index contributed by atoms with van der Waals surface area (Å²) < 4.78 is 10.9. The van der Waals surface area contributed by atoms with Crippen LogP contribution in [0.3, 0.4) is 0 Å². The van der Waals surface area contributed by atoms with E-state index in [4.69, 9.17) is 15.2 Å². The molecule has 0 fully saturated rings. The molecule has 0 aliphatic carbocycles. The maximum absolute atomic E-state index is 5.84. The maximum atomic E-state index is 5.84.